The summed E-state index contributed by atoms with van der Waals surface area (Å²) in [6.07, 6.45) is 29.7. The largest absolute Gasteiger partial charge is 0.462 e. The highest BCUT2D eigenvalue weighted by atomic mass is 16.5. The summed E-state index contributed by atoms with van der Waals surface area (Å²) in [5.41, 5.74) is 0. The molecule has 0 aliphatic heterocycles. The van der Waals surface area contributed by atoms with Gasteiger partial charge in [0.05, 0.1) is 0 Å². The van der Waals surface area contributed by atoms with Crippen molar-refractivity contribution < 1.29 is 14.3 Å². The van der Waals surface area contributed by atoms with E-state index in [9.17, 15) is 9.59 Å². The van der Waals surface area contributed by atoms with E-state index in [1.54, 1.807) is 0 Å². The maximum Gasteiger partial charge on any atom is 0.306 e. The van der Waals surface area contributed by atoms with E-state index in [2.05, 4.69) is 51.1 Å². The Kier molecular flexibility index (Phi) is 49.2. The fourth-order valence-corrected chi connectivity index (χ4v) is 5.08. The zero-order chi connectivity index (χ0) is 36.6. The van der Waals surface area contributed by atoms with Crippen molar-refractivity contribution in [2.24, 2.45) is 11.8 Å². The van der Waals surface area contributed by atoms with Gasteiger partial charge in [0.25, 0.3) is 0 Å². The van der Waals surface area contributed by atoms with Gasteiger partial charge in [-0.25, -0.2) is 4.98 Å². The number of carbonyl (C=O) groups excluding carboxylic acids is 2. The van der Waals surface area contributed by atoms with Gasteiger partial charge < -0.3 is 14.1 Å². The summed E-state index contributed by atoms with van der Waals surface area (Å²) in [5, 5.41) is 0. The van der Waals surface area contributed by atoms with Crippen molar-refractivity contribution in [3.05, 3.63) is 18.2 Å². The first-order chi connectivity index (χ1) is 22.7. The predicted molar refractivity (Wildman–Crippen MR) is 209 cm³/mol. The molecule has 1 aromatic heterocycles. The first-order valence-corrected chi connectivity index (χ1v) is 20.4. The summed E-state index contributed by atoms with van der Waals surface area (Å²) in [4.78, 5) is 25.8. The molecule has 0 fully saturated rings. The number of nitrogens with zero attached hydrogens (tertiary/aromatic N) is 2. The zero-order valence-electron chi connectivity index (χ0n) is 34.1. The molecule has 5 heteroatoms. The van der Waals surface area contributed by atoms with Crippen LogP contribution in [0.4, 0.5) is 0 Å². The lowest BCUT2D eigenvalue weighted by Crippen LogP contribution is -2.18. The molecule has 1 rings (SSSR count). The van der Waals surface area contributed by atoms with E-state index in [0.29, 0.717) is 12.8 Å². The first kappa shape index (κ1) is 52.2. The van der Waals surface area contributed by atoms with Crippen LogP contribution < -0.4 is 0 Å². The van der Waals surface area contributed by atoms with Gasteiger partial charge >= 0.3 is 5.97 Å². The molecule has 47 heavy (non-hydrogen) atoms. The van der Waals surface area contributed by atoms with Crippen molar-refractivity contribution in [3.8, 4) is 0 Å². The number of aryl methyl sites for hydroxylation is 2. The van der Waals surface area contributed by atoms with Crippen LogP contribution in [0.1, 0.15) is 217 Å². The average molecular weight is 667 g/mol. The van der Waals surface area contributed by atoms with Gasteiger partial charge in [-0.15, -0.1) is 0 Å². The molecule has 2 atom stereocenters. The number of hydrogen-bond donors (Lipinski definition) is 0. The Bertz CT molecular complexity index is 716. The van der Waals surface area contributed by atoms with E-state index >= 15 is 0 Å². The molecule has 1 heterocycles. The Morgan fingerprint density at radius 2 is 1.23 bits per heavy atom. The first-order valence-electron chi connectivity index (χ1n) is 20.4. The molecule has 0 saturated carbocycles. The molecular formula is C42H86N2O3. The van der Waals surface area contributed by atoms with Gasteiger partial charge in [0.15, 0.2) is 0 Å². The minimum absolute atomic E-state index is 0.00288. The zero-order valence-corrected chi connectivity index (χ0v) is 34.1. The van der Waals surface area contributed by atoms with E-state index in [4.69, 9.17) is 4.74 Å². The maximum absolute atomic E-state index is 12.3. The summed E-state index contributed by atoms with van der Waals surface area (Å²) < 4.78 is 8.03. The number of hydrogen-bond acceptors (Lipinski definition) is 4. The number of carbonyl (C=O) groups is 2. The van der Waals surface area contributed by atoms with Crippen molar-refractivity contribution in [2.45, 2.75) is 231 Å². The minimum Gasteiger partial charge on any atom is -0.462 e. The van der Waals surface area contributed by atoms with Crippen molar-refractivity contribution in [1.29, 1.82) is 0 Å². The number of imidazole rings is 1. The summed E-state index contributed by atoms with van der Waals surface area (Å²) in [6, 6.07) is 0. The Hall–Kier alpha value is -1.65. The Labute approximate surface area is 296 Å². The molecule has 0 saturated heterocycles. The van der Waals surface area contributed by atoms with E-state index < -0.39 is 0 Å². The molecule has 0 amide bonds. The number of ether oxygens (including phenoxy) is 1. The van der Waals surface area contributed by atoms with E-state index in [-0.39, 0.29) is 12.1 Å². The van der Waals surface area contributed by atoms with Crippen molar-refractivity contribution in [1.82, 2.24) is 9.55 Å². The van der Waals surface area contributed by atoms with Gasteiger partial charge in [-0.1, -0.05) is 160 Å². The monoisotopic (exact) mass is 667 g/mol. The third kappa shape index (κ3) is 42.3. The number of unbranched alkanes of at least 4 members (excludes halogenated alkanes) is 10. The molecule has 0 aliphatic rings. The summed E-state index contributed by atoms with van der Waals surface area (Å²) in [5.74, 6) is 2.87. The van der Waals surface area contributed by atoms with Crippen LogP contribution in [0.25, 0.3) is 0 Å². The van der Waals surface area contributed by atoms with Crippen molar-refractivity contribution in [3.63, 3.8) is 0 Å². The lowest BCUT2D eigenvalue weighted by molar-refractivity contribution is -0.150. The Morgan fingerprint density at radius 1 is 0.723 bits per heavy atom. The number of aldehydes is 1. The summed E-state index contributed by atoms with van der Waals surface area (Å²) in [6.45, 7) is 26.5. The van der Waals surface area contributed by atoms with E-state index in [1.165, 1.54) is 96.3 Å². The minimum atomic E-state index is -0.00288. The molecule has 0 radical (unpaired) electrons. The average Bonchev–Trinajstić information content (AvgIpc) is 3.50. The van der Waals surface area contributed by atoms with Crippen LogP contribution in [-0.4, -0.2) is 27.9 Å². The van der Waals surface area contributed by atoms with E-state index in [1.807, 2.05) is 53.9 Å². The molecule has 1 aromatic rings. The van der Waals surface area contributed by atoms with Gasteiger partial charge in [0, 0.05) is 31.8 Å². The highest BCUT2D eigenvalue weighted by Crippen LogP contribution is 2.18. The molecule has 2 unspecified atom stereocenters. The second-order valence-electron chi connectivity index (χ2n) is 12.9. The van der Waals surface area contributed by atoms with Crippen LogP contribution in [0.5, 0.6) is 0 Å². The molecule has 0 bridgehead atoms. The Morgan fingerprint density at radius 3 is 1.66 bits per heavy atom. The standard InChI is InChI=1S/C25H46N2O2.C10H22.C3H6O.2C2H6/c1-4-6-8-10-12-14-18-24(17-13-11-9-7-5-2)29-25(28)19-15-16-21-27-22-20-26-23(27)3;1-5-6-10(4)8-7-9(2)3;1-2-3-4;2*1-2/h20,22,24H,4-19,21H2,1-3H3;9-10H,5-8H2,1-4H3;3H,2H2,1H3;2*1-2H3. The number of aromatic nitrogens is 2. The molecule has 282 valence electrons. The van der Waals surface area contributed by atoms with Crippen LogP contribution >= 0.6 is 0 Å². The second kappa shape index (κ2) is 44.4. The van der Waals surface area contributed by atoms with Crippen LogP contribution in [0, 0.1) is 18.8 Å². The van der Waals surface area contributed by atoms with Gasteiger partial charge in [0.2, 0.25) is 0 Å². The van der Waals surface area contributed by atoms with Crippen molar-refractivity contribution in [2.75, 3.05) is 0 Å². The second-order valence-corrected chi connectivity index (χ2v) is 12.9. The van der Waals surface area contributed by atoms with Crippen LogP contribution in [0.15, 0.2) is 12.4 Å². The Balaban J connectivity index is -0.000000423. The fraction of sp³-hybridized carbons (Fsp3) is 0.881. The van der Waals surface area contributed by atoms with Gasteiger partial charge in [-0.3, -0.25) is 4.79 Å². The highest BCUT2D eigenvalue weighted by molar-refractivity contribution is 5.69. The van der Waals surface area contributed by atoms with Gasteiger partial charge in [-0.2, -0.15) is 0 Å². The number of esters is 1. The highest BCUT2D eigenvalue weighted by Gasteiger charge is 2.14. The SMILES string of the molecule is CC.CC.CCC=O.CCCC(C)CCC(C)C.CCCCCCCCC(CCCCCCC)OC(=O)CCCCn1ccnc1C. The summed E-state index contributed by atoms with van der Waals surface area (Å²) in [7, 11) is 0. The van der Waals surface area contributed by atoms with Crippen LogP contribution in [0.2, 0.25) is 0 Å². The molecule has 0 aromatic carbocycles. The predicted octanol–water partition coefficient (Wildman–Crippen LogP) is 13.9. The molecular weight excluding hydrogens is 580 g/mol. The number of rotatable bonds is 25. The van der Waals surface area contributed by atoms with Crippen LogP contribution in [0.3, 0.4) is 0 Å². The fourth-order valence-electron chi connectivity index (χ4n) is 5.08. The smallest absolute Gasteiger partial charge is 0.306 e. The normalized spacial score (nSPS) is 11.3. The maximum atomic E-state index is 12.3. The third-order valence-corrected chi connectivity index (χ3v) is 7.95. The van der Waals surface area contributed by atoms with Crippen LogP contribution in [-0.2, 0) is 20.9 Å². The van der Waals surface area contributed by atoms with Gasteiger partial charge in [-0.05, 0) is 57.3 Å². The lowest BCUT2D eigenvalue weighted by Gasteiger charge is -2.18. The molecule has 0 aliphatic carbocycles. The topological polar surface area (TPSA) is 61.2 Å². The van der Waals surface area contributed by atoms with E-state index in [0.717, 1.165) is 56.2 Å². The quantitative estimate of drug-likeness (QED) is 0.0592. The van der Waals surface area contributed by atoms with Gasteiger partial charge in [0.1, 0.15) is 18.2 Å². The molecule has 0 N–H and O–H groups in total. The summed E-state index contributed by atoms with van der Waals surface area (Å²) >= 11 is 0. The lowest BCUT2D eigenvalue weighted by atomic mass is 9.96. The third-order valence-electron chi connectivity index (χ3n) is 7.95. The molecule has 0 spiro atoms. The van der Waals surface area contributed by atoms with Crippen molar-refractivity contribution >= 4 is 12.3 Å². The molecule has 5 nitrogen and oxygen atoms in total.